The van der Waals surface area contributed by atoms with Gasteiger partial charge >= 0.3 is 0 Å². The lowest BCUT2D eigenvalue weighted by Gasteiger charge is -2.28. The van der Waals surface area contributed by atoms with Crippen molar-refractivity contribution in [1.82, 2.24) is 0 Å². The van der Waals surface area contributed by atoms with Crippen molar-refractivity contribution in [2.24, 2.45) is 0 Å². The predicted molar refractivity (Wildman–Crippen MR) is 222 cm³/mol. The Kier molecular flexibility index (Phi) is 6.55. The van der Waals surface area contributed by atoms with E-state index in [0.717, 1.165) is 77.5 Å². The Balaban J connectivity index is 1.15. The molecule has 0 fully saturated rings. The molecule has 3 heteroatoms. The SMILES string of the molecule is c1ccc(N(c2ccc(-c3cccc4ccccc34)cc2)c2cccc3c2oc2ccccc23)c(-c2cccc3c2oc2cc4ccccc4cc23)c1. The molecule has 0 saturated carbocycles. The molecule has 0 aliphatic rings. The third kappa shape index (κ3) is 4.68. The number of nitrogens with zero attached hydrogens (tertiary/aromatic N) is 1. The van der Waals surface area contributed by atoms with Gasteiger partial charge in [0, 0.05) is 38.4 Å². The van der Waals surface area contributed by atoms with Gasteiger partial charge in [0.2, 0.25) is 0 Å². The van der Waals surface area contributed by atoms with Crippen molar-refractivity contribution in [2.45, 2.75) is 0 Å². The summed E-state index contributed by atoms with van der Waals surface area (Å²) in [6, 6.07) is 66.7. The third-order valence-electron chi connectivity index (χ3n) is 10.7. The van der Waals surface area contributed by atoms with Crippen LogP contribution in [0, 0.1) is 0 Å². The summed E-state index contributed by atoms with van der Waals surface area (Å²) in [6.07, 6.45) is 0. The molecular formula is C50H31NO2. The first-order valence-corrected chi connectivity index (χ1v) is 18.0. The van der Waals surface area contributed by atoms with Gasteiger partial charge in [0.1, 0.15) is 16.7 Å². The standard InChI is InChI=1S/C50H31NO2/c1-2-14-35-31-48-44(30-34(35)13-1)43-21-10-20-41(49(43)53-48)39-17-5-7-23-45(39)51(46-24-11-22-42-40-18-6-8-25-47(40)52-50(42)46)36-28-26-33(27-29-36)38-19-9-15-32-12-3-4-16-37(32)38/h1-31H. The molecular weight excluding hydrogens is 647 g/mol. The number of para-hydroxylation sites is 4. The first kappa shape index (κ1) is 29.6. The smallest absolute Gasteiger partial charge is 0.159 e. The summed E-state index contributed by atoms with van der Waals surface area (Å²) in [4.78, 5) is 2.34. The van der Waals surface area contributed by atoms with Gasteiger partial charge < -0.3 is 13.7 Å². The van der Waals surface area contributed by atoms with E-state index < -0.39 is 0 Å². The number of hydrogen-bond acceptors (Lipinski definition) is 3. The first-order valence-electron chi connectivity index (χ1n) is 18.0. The Hall–Kier alpha value is -7.10. The zero-order chi connectivity index (χ0) is 34.9. The largest absolute Gasteiger partial charge is 0.455 e. The van der Waals surface area contributed by atoms with Crippen LogP contribution in [0.5, 0.6) is 0 Å². The van der Waals surface area contributed by atoms with E-state index >= 15 is 0 Å². The number of anilines is 3. The molecule has 11 rings (SSSR count). The number of benzene rings is 9. The molecule has 0 unspecified atom stereocenters. The summed E-state index contributed by atoms with van der Waals surface area (Å²) in [5.41, 5.74) is 11.0. The van der Waals surface area contributed by atoms with E-state index in [1.165, 1.54) is 27.3 Å². The fourth-order valence-corrected chi connectivity index (χ4v) is 8.18. The van der Waals surface area contributed by atoms with Crippen LogP contribution in [-0.4, -0.2) is 0 Å². The van der Waals surface area contributed by atoms with E-state index in [9.17, 15) is 0 Å². The van der Waals surface area contributed by atoms with Crippen molar-refractivity contribution in [2.75, 3.05) is 4.90 Å². The van der Waals surface area contributed by atoms with Crippen molar-refractivity contribution >= 4 is 82.5 Å². The molecule has 53 heavy (non-hydrogen) atoms. The maximum absolute atomic E-state index is 6.77. The van der Waals surface area contributed by atoms with Gasteiger partial charge in [0.15, 0.2) is 5.58 Å². The summed E-state index contributed by atoms with van der Waals surface area (Å²) >= 11 is 0. The molecule has 248 valence electrons. The van der Waals surface area contributed by atoms with Crippen LogP contribution < -0.4 is 4.90 Å². The minimum atomic E-state index is 0.843. The maximum Gasteiger partial charge on any atom is 0.159 e. The summed E-state index contributed by atoms with van der Waals surface area (Å²) < 4.78 is 13.4. The van der Waals surface area contributed by atoms with Gasteiger partial charge in [-0.25, -0.2) is 0 Å². The topological polar surface area (TPSA) is 29.5 Å². The van der Waals surface area contributed by atoms with Gasteiger partial charge in [0.05, 0.1) is 11.4 Å². The predicted octanol–water partition coefficient (Wildman–Crippen LogP) is 14.6. The van der Waals surface area contributed by atoms with Crippen molar-refractivity contribution < 1.29 is 8.83 Å². The molecule has 3 nitrogen and oxygen atoms in total. The number of furan rings is 2. The highest BCUT2D eigenvalue weighted by molar-refractivity contribution is 6.15. The van der Waals surface area contributed by atoms with Crippen LogP contribution in [0.2, 0.25) is 0 Å². The number of hydrogen-bond donors (Lipinski definition) is 0. The van der Waals surface area contributed by atoms with Gasteiger partial charge in [0.25, 0.3) is 0 Å². The molecule has 0 radical (unpaired) electrons. The van der Waals surface area contributed by atoms with Crippen LogP contribution in [-0.2, 0) is 0 Å². The quantitative estimate of drug-likeness (QED) is 0.182. The van der Waals surface area contributed by atoms with Crippen molar-refractivity contribution in [1.29, 1.82) is 0 Å². The van der Waals surface area contributed by atoms with Gasteiger partial charge in [-0.2, -0.15) is 0 Å². The zero-order valence-electron chi connectivity index (χ0n) is 28.7. The molecule has 0 saturated heterocycles. The van der Waals surface area contributed by atoms with Gasteiger partial charge in [-0.3, -0.25) is 0 Å². The minimum Gasteiger partial charge on any atom is -0.455 e. The van der Waals surface area contributed by atoms with Crippen molar-refractivity contribution in [3.8, 4) is 22.3 Å². The van der Waals surface area contributed by atoms with Crippen molar-refractivity contribution in [3.05, 3.63) is 188 Å². The van der Waals surface area contributed by atoms with Gasteiger partial charge in [-0.05, 0) is 75.1 Å². The summed E-state index contributed by atoms with van der Waals surface area (Å²) in [7, 11) is 0. The molecule has 11 aromatic rings. The fourth-order valence-electron chi connectivity index (χ4n) is 8.18. The molecule has 0 spiro atoms. The van der Waals surface area contributed by atoms with Crippen molar-refractivity contribution in [3.63, 3.8) is 0 Å². The van der Waals surface area contributed by atoms with E-state index in [2.05, 4.69) is 181 Å². The maximum atomic E-state index is 6.77. The van der Waals surface area contributed by atoms with E-state index in [1.54, 1.807) is 0 Å². The fraction of sp³-hybridized carbons (Fsp3) is 0. The van der Waals surface area contributed by atoms with Gasteiger partial charge in [-0.15, -0.1) is 0 Å². The highest BCUT2D eigenvalue weighted by atomic mass is 16.3. The molecule has 0 atom stereocenters. The average molecular weight is 678 g/mol. The zero-order valence-corrected chi connectivity index (χ0v) is 28.7. The minimum absolute atomic E-state index is 0.843. The molecule has 9 aromatic carbocycles. The average Bonchev–Trinajstić information content (AvgIpc) is 3.79. The molecule has 0 amide bonds. The molecule has 2 heterocycles. The van der Waals surface area contributed by atoms with Gasteiger partial charge in [-0.1, -0.05) is 146 Å². The molecule has 0 N–H and O–H groups in total. The Bertz CT molecular complexity index is 3180. The monoisotopic (exact) mass is 677 g/mol. The molecule has 2 aromatic heterocycles. The lowest BCUT2D eigenvalue weighted by atomic mass is 9.97. The molecule has 0 aliphatic carbocycles. The van der Waals surface area contributed by atoms with E-state index in [-0.39, 0.29) is 0 Å². The second kappa shape index (κ2) is 11.7. The molecule has 0 bridgehead atoms. The second-order valence-electron chi connectivity index (χ2n) is 13.7. The Morgan fingerprint density at radius 1 is 0.321 bits per heavy atom. The summed E-state index contributed by atoms with van der Waals surface area (Å²) in [5.74, 6) is 0. The highest BCUT2D eigenvalue weighted by Gasteiger charge is 2.24. The van der Waals surface area contributed by atoms with E-state index in [1.807, 2.05) is 12.1 Å². The Labute approximate surface area is 305 Å². The van der Waals surface area contributed by atoms with E-state index in [0.29, 0.717) is 0 Å². The Morgan fingerprint density at radius 2 is 0.887 bits per heavy atom. The second-order valence-corrected chi connectivity index (χ2v) is 13.7. The summed E-state index contributed by atoms with van der Waals surface area (Å²) in [5, 5.41) is 9.23. The lowest BCUT2D eigenvalue weighted by molar-refractivity contribution is 0.669. The summed E-state index contributed by atoms with van der Waals surface area (Å²) in [6.45, 7) is 0. The first-order chi connectivity index (χ1) is 26.3. The van der Waals surface area contributed by atoms with Crippen LogP contribution in [0.25, 0.3) is 87.7 Å². The van der Waals surface area contributed by atoms with Crippen LogP contribution in [0.15, 0.2) is 197 Å². The van der Waals surface area contributed by atoms with Crippen LogP contribution in [0.1, 0.15) is 0 Å². The highest BCUT2D eigenvalue weighted by Crippen LogP contribution is 2.47. The normalized spacial score (nSPS) is 11.8. The van der Waals surface area contributed by atoms with Crippen LogP contribution >= 0.6 is 0 Å². The third-order valence-corrected chi connectivity index (χ3v) is 10.7. The lowest BCUT2D eigenvalue weighted by Crippen LogP contribution is -2.11. The van der Waals surface area contributed by atoms with E-state index in [4.69, 9.17) is 8.83 Å². The van der Waals surface area contributed by atoms with Crippen LogP contribution in [0.3, 0.4) is 0 Å². The molecule has 0 aliphatic heterocycles. The number of fused-ring (bicyclic) bond motifs is 8. The van der Waals surface area contributed by atoms with Crippen LogP contribution in [0.4, 0.5) is 17.1 Å². The number of rotatable bonds is 5. The Morgan fingerprint density at radius 3 is 1.75 bits per heavy atom.